The number of guanidine groups is 1. The molecule has 1 aliphatic carbocycles. The quantitative estimate of drug-likeness (QED) is 0.344. The third kappa shape index (κ3) is 5.91. The third-order valence-electron chi connectivity index (χ3n) is 3.12. The Morgan fingerprint density at radius 3 is 2.86 bits per heavy atom. The first-order valence-corrected chi connectivity index (χ1v) is 7.00. The van der Waals surface area contributed by atoms with Gasteiger partial charge in [-0.05, 0) is 31.4 Å². The highest BCUT2D eigenvalue weighted by atomic mass is 127. The van der Waals surface area contributed by atoms with Crippen molar-refractivity contribution in [3.63, 3.8) is 0 Å². The van der Waals surface area contributed by atoms with Crippen LogP contribution in [0.25, 0.3) is 0 Å². The molecule has 2 rings (SSSR count). The minimum Gasteiger partial charge on any atom is -0.481 e. The van der Waals surface area contributed by atoms with E-state index in [1.165, 1.54) is 0 Å². The molecule has 6 heteroatoms. The molecule has 0 aliphatic heterocycles. The molecule has 0 spiro atoms. The second kappa shape index (κ2) is 9.59. The van der Waals surface area contributed by atoms with Crippen LogP contribution in [0, 0.1) is 0 Å². The molecular formula is C15H23IN4O. The number of pyridine rings is 1. The molecule has 5 nitrogen and oxygen atoms in total. The van der Waals surface area contributed by atoms with Crippen LogP contribution in [0.1, 0.15) is 25.3 Å². The van der Waals surface area contributed by atoms with Crippen LogP contribution in [0.15, 0.2) is 35.5 Å². The largest absolute Gasteiger partial charge is 0.481 e. The lowest BCUT2D eigenvalue weighted by Gasteiger charge is -2.16. The van der Waals surface area contributed by atoms with E-state index in [4.69, 9.17) is 4.74 Å². The summed E-state index contributed by atoms with van der Waals surface area (Å²) < 4.78 is 5.12. The van der Waals surface area contributed by atoms with Gasteiger partial charge in [0, 0.05) is 24.8 Å². The highest BCUT2D eigenvalue weighted by Crippen LogP contribution is 2.10. The maximum Gasteiger partial charge on any atom is 0.213 e. The summed E-state index contributed by atoms with van der Waals surface area (Å²) >= 11 is 0. The molecule has 0 radical (unpaired) electrons. The Kier molecular flexibility index (Phi) is 8.11. The molecule has 1 heterocycles. The van der Waals surface area contributed by atoms with Crippen molar-refractivity contribution in [2.75, 3.05) is 13.7 Å². The van der Waals surface area contributed by atoms with Gasteiger partial charge in [-0.25, -0.2) is 9.98 Å². The molecule has 2 N–H and O–H groups in total. The number of nitrogens with one attached hydrogen (secondary N) is 2. The fourth-order valence-electron chi connectivity index (χ4n) is 2.08. The van der Waals surface area contributed by atoms with Gasteiger partial charge in [0.1, 0.15) is 0 Å². The van der Waals surface area contributed by atoms with Gasteiger partial charge < -0.3 is 15.4 Å². The zero-order valence-corrected chi connectivity index (χ0v) is 14.8. The Balaban J connectivity index is 0.00000220. The second-order valence-corrected chi connectivity index (χ2v) is 4.69. The fourth-order valence-corrected chi connectivity index (χ4v) is 2.08. The van der Waals surface area contributed by atoms with Gasteiger partial charge in [-0.1, -0.05) is 12.2 Å². The van der Waals surface area contributed by atoms with E-state index < -0.39 is 0 Å². The molecule has 0 saturated carbocycles. The van der Waals surface area contributed by atoms with E-state index in [2.05, 4.69) is 39.7 Å². The van der Waals surface area contributed by atoms with Gasteiger partial charge in [0.25, 0.3) is 0 Å². The molecule has 21 heavy (non-hydrogen) atoms. The maximum atomic E-state index is 5.12. The lowest BCUT2D eigenvalue weighted by Crippen LogP contribution is -2.42. The Morgan fingerprint density at radius 1 is 1.43 bits per heavy atom. The molecule has 1 aliphatic rings. The van der Waals surface area contributed by atoms with Crippen LogP contribution in [0.4, 0.5) is 0 Å². The van der Waals surface area contributed by atoms with Gasteiger partial charge in [0.2, 0.25) is 5.88 Å². The average molecular weight is 402 g/mol. The molecule has 116 valence electrons. The fraction of sp³-hybridized carbons (Fsp3) is 0.467. The summed E-state index contributed by atoms with van der Waals surface area (Å²) in [7, 11) is 1.62. The number of halogens is 1. The van der Waals surface area contributed by atoms with Gasteiger partial charge >= 0.3 is 0 Å². The normalized spacial score (nSPS) is 14.7. The van der Waals surface area contributed by atoms with Gasteiger partial charge in [-0.15, -0.1) is 24.0 Å². The van der Waals surface area contributed by atoms with Crippen molar-refractivity contribution in [2.45, 2.75) is 32.4 Å². The highest BCUT2D eigenvalue weighted by molar-refractivity contribution is 14.0. The van der Waals surface area contributed by atoms with Crippen LogP contribution >= 0.6 is 24.0 Å². The monoisotopic (exact) mass is 402 g/mol. The van der Waals surface area contributed by atoms with Crippen molar-refractivity contribution in [2.24, 2.45) is 4.99 Å². The smallest absolute Gasteiger partial charge is 0.213 e. The predicted octanol–water partition coefficient (Wildman–Crippen LogP) is 2.48. The van der Waals surface area contributed by atoms with Gasteiger partial charge in [-0.3, -0.25) is 0 Å². The highest BCUT2D eigenvalue weighted by Gasteiger charge is 2.11. The molecule has 0 saturated heterocycles. The number of aromatic nitrogens is 1. The SMILES string of the molecule is CCNC(=NCc1ccnc(OC)c1)NC1CC=CC1.I. The van der Waals surface area contributed by atoms with Crippen molar-refractivity contribution in [3.05, 3.63) is 36.0 Å². The van der Waals surface area contributed by atoms with Crippen molar-refractivity contribution in [1.82, 2.24) is 15.6 Å². The number of nitrogens with zero attached hydrogens (tertiary/aromatic N) is 2. The Labute approximate surface area is 143 Å². The zero-order valence-electron chi connectivity index (χ0n) is 12.5. The van der Waals surface area contributed by atoms with Gasteiger partial charge in [0.15, 0.2) is 5.96 Å². The van der Waals surface area contributed by atoms with Crippen LogP contribution in [0.3, 0.4) is 0 Å². The van der Waals surface area contributed by atoms with Crippen molar-refractivity contribution < 1.29 is 4.74 Å². The number of hydrogen-bond donors (Lipinski definition) is 2. The molecule has 0 aromatic carbocycles. The van der Waals surface area contributed by atoms with Crippen molar-refractivity contribution in [3.8, 4) is 5.88 Å². The summed E-state index contributed by atoms with van der Waals surface area (Å²) in [5.41, 5.74) is 1.08. The van der Waals surface area contributed by atoms with Crippen LogP contribution in [0.5, 0.6) is 5.88 Å². The van der Waals surface area contributed by atoms with E-state index in [1.54, 1.807) is 13.3 Å². The molecule has 0 fully saturated rings. The van der Waals surface area contributed by atoms with Crippen LogP contribution < -0.4 is 15.4 Å². The first-order chi connectivity index (χ1) is 9.81. The first-order valence-electron chi connectivity index (χ1n) is 7.00. The first kappa shape index (κ1) is 17.7. The maximum absolute atomic E-state index is 5.12. The number of ether oxygens (including phenoxy) is 1. The number of methoxy groups -OCH3 is 1. The minimum atomic E-state index is 0. The summed E-state index contributed by atoms with van der Waals surface area (Å²) in [6.45, 7) is 3.53. The van der Waals surface area contributed by atoms with Gasteiger partial charge in [0.05, 0.1) is 13.7 Å². The van der Waals surface area contributed by atoms with Crippen LogP contribution in [-0.4, -0.2) is 30.6 Å². The lowest BCUT2D eigenvalue weighted by atomic mass is 10.2. The van der Waals surface area contributed by atoms with Crippen LogP contribution in [-0.2, 0) is 6.54 Å². The van der Waals surface area contributed by atoms with E-state index in [1.807, 2.05) is 12.1 Å². The second-order valence-electron chi connectivity index (χ2n) is 4.69. The van der Waals surface area contributed by atoms with Crippen LogP contribution in [0.2, 0.25) is 0 Å². The summed E-state index contributed by atoms with van der Waals surface area (Å²) in [5.74, 6) is 1.48. The Morgan fingerprint density at radius 2 is 2.19 bits per heavy atom. The molecule has 0 amide bonds. The molecule has 1 aromatic rings. The Hall–Kier alpha value is -1.31. The predicted molar refractivity (Wildman–Crippen MR) is 96.3 cm³/mol. The molecule has 0 atom stereocenters. The summed E-state index contributed by atoms with van der Waals surface area (Å²) in [6.07, 6.45) is 8.27. The number of rotatable bonds is 5. The third-order valence-corrected chi connectivity index (χ3v) is 3.12. The molecular weight excluding hydrogens is 379 g/mol. The van der Waals surface area contributed by atoms with E-state index in [-0.39, 0.29) is 24.0 Å². The van der Waals surface area contributed by atoms with Gasteiger partial charge in [-0.2, -0.15) is 0 Å². The molecule has 0 unspecified atom stereocenters. The van der Waals surface area contributed by atoms with E-state index in [0.29, 0.717) is 18.5 Å². The summed E-state index contributed by atoms with van der Waals surface area (Å²) in [6, 6.07) is 4.32. The number of aliphatic imine (C=N–C) groups is 1. The van der Waals surface area contributed by atoms with Crippen molar-refractivity contribution >= 4 is 29.9 Å². The Bertz CT molecular complexity index is 482. The molecule has 0 bridgehead atoms. The lowest BCUT2D eigenvalue weighted by molar-refractivity contribution is 0.397. The topological polar surface area (TPSA) is 58.5 Å². The number of hydrogen-bond acceptors (Lipinski definition) is 3. The zero-order chi connectivity index (χ0) is 14.2. The summed E-state index contributed by atoms with van der Waals surface area (Å²) in [5, 5.41) is 6.72. The van der Waals surface area contributed by atoms with E-state index >= 15 is 0 Å². The minimum absolute atomic E-state index is 0. The standard InChI is InChI=1S/C15H22N4O.HI/c1-3-16-15(19-13-6-4-5-7-13)18-11-12-8-9-17-14(10-12)20-2;/h4-5,8-10,13H,3,6-7,11H2,1-2H3,(H2,16,18,19);1H. The van der Waals surface area contributed by atoms with Crippen molar-refractivity contribution in [1.29, 1.82) is 0 Å². The average Bonchev–Trinajstić information content (AvgIpc) is 2.98. The summed E-state index contributed by atoms with van der Waals surface area (Å²) in [4.78, 5) is 8.70. The van der Waals surface area contributed by atoms with E-state index in [9.17, 15) is 0 Å². The van der Waals surface area contributed by atoms with E-state index in [0.717, 1.165) is 30.9 Å². The molecule has 1 aromatic heterocycles.